The number of halogens is 2. The number of aryl methyl sites for hydroxylation is 1. The molecule has 1 saturated heterocycles. The number of amides is 1. The maximum absolute atomic E-state index is 13.0. The summed E-state index contributed by atoms with van der Waals surface area (Å²) in [6.07, 6.45) is 1.23. The molecule has 0 radical (unpaired) electrons. The van der Waals surface area contributed by atoms with Gasteiger partial charge in [0.1, 0.15) is 4.90 Å². The first-order chi connectivity index (χ1) is 12.8. The maximum Gasteiger partial charge on any atom is 0.244 e. The highest BCUT2D eigenvalue weighted by Crippen LogP contribution is 2.30. The van der Waals surface area contributed by atoms with Crippen molar-refractivity contribution in [1.29, 1.82) is 0 Å². The van der Waals surface area contributed by atoms with Crippen molar-refractivity contribution < 1.29 is 13.2 Å². The van der Waals surface area contributed by atoms with E-state index in [9.17, 15) is 13.2 Å². The first-order valence-electron chi connectivity index (χ1n) is 8.60. The summed E-state index contributed by atoms with van der Waals surface area (Å²) in [4.78, 5) is 12.6. The van der Waals surface area contributed by atoms with Crippen molar-refractivity contribution >= 4 is 44.8 Å². The highest BCUT2D eigenvalue weighted by atomic mass is 35.5. The minimum Gasteiger partial charge on any atom is -0.326 e. The average Bonchev–Trinajstić information content (AvgIpc) is 2.65. The smallest absolute Gasteiger partial charge is 0.244 e. The van der Waals surface area contributed by atoms with Crippen molar-refractivity contribution in [2.24, 2.45) is 5.92 Å². The Balaban J connectivity index is 1.76. The summed E-state index contributed by atoms with van der Waals surface area (Å²) >= 11 is 12.0. The Morgan fingerprint density at radius 1 is 1.15 bits per heavy atom. The predicted molar refractivity (Wildman–Crippen MR) is 108 cm³/mol. The number of benzene rings is 2. The van der Waals surface area contributed by atoms with Crippen LogP contribution in [0.5, 0.6) is 0 Å². The summed E-state index contributed by atoms with van der Waals surface area (Å²) in [6.45, 7) is 2.43. The largest absolute Gasteiger partial charge is 0.326 e. The van der Waals surface area contributed by atoms with E-state index < -0.39 is 15.9 Å². The molecule has 2 aromatic rings. The van der Waals surface area contributed by atoms with Gasteiger partial charge in [-0.15, -0.1) is 0 Å². The van der Waals surface area contributed by atoms with E-state index in [-0.39, 0.29) is 22.4 Å². The second-order valence-corrected chi connectivity index (χ2v) is 9.38. The number of anilines is 1. The van der Waals surface area contributed by atoms with Gasteiger partial charge in [-0.3, -0.25) is 4.79 Å². The first-order valence-corrected chi connectivity index (χ1v) is 10.8. The zero-order valence-corrected chi connectivity index (χ0v) is 17.1. The lowest BCUT2D eigenvalue weighted by Crippen LogP contribution is -2.43. The Bertz CT molecular complexity index is 946. The van der Waals surface area contributed by atoms with Crippen LogP contribution in [-0.2, 0) is 14.8 Å². The van der Waals surface area contributed by atoms with E-state index in [1.54, 1.807) is 0 Å². The van der Waals surface area contributed by atoms with Gasteiger partial charge in [-0.25, -0.2) is 8.42 Å². The number of nitrogens with one attached hydrogen (secondary N) is 1. The Morgan fingerprint density at radius 2 is 1.85 bits per heavy atom. The fourth-order valence-corrected chi connectivity index (χ4v) is 5.33. The van der Waals surface area contributed by atoms with Crippen LogP contribution in [0.25, 0.3) is 0 Å². The van der Waals surface area contributed by atoms with Gasteiger partial charge in [0.05, 0.1) is 10.9 Å². The van der Waals surface area contributed by atoms with Crippen LogP contribution in [0.3, 0.4) is 0 Å². The molecular formula is C19H20Cl2N2O3S. The van der Waals surface area contributed by atoms with E-state index in [0.29, 0.717) is 30.1 Å². The third-order valence-electron chi connectivity index (χ3n) is 4.59. The van der Waals surface area contributed by atoms with E-state index >= 15 is 0 Å². The van der Waals surface area contributed by atoms with Crippen molar-refractivity contribution in [3.05, 3.63) is 58.1 Å². The minimum atomic E-state index is -3.82. The van der Waals surface area contributed by atoms with E-state index in [0.717, 1.165) is 5.56 Å². The molecule has 5 nitrogen and oxygen atoms in total. The molecule has 1 amide bonds. The minimum absolute atomic E-state index is 0.0312. The fourth-order valence-electron chi connectivity index (χ4n) is 3.07. The maximum atomic E-state index is 13.0. The van der Waals surface area contributed by atoms with Crippen LogP contribution in [0.4, 0.5) is 5.69 Å². The highest BCUT2D eigenvalue weighted by Gasteiger charge is 2.34. The molecule has 3 rings (SSSR count). The molecule has 0 bridgehead atoms. The topological polar surface area (TPSA) is 66.5 Å². The number of hydrogen-bond donors (Lipinski definition) is 1. The predicted octanol–water partition coefficient (Wildman–Crippen LogP) is 4.34. The summed E-state index contributed by atoms with van der Waals surface area (Å²) in [7, 11) is -3.82. The molecule has 1 aliphatic heterocycles. The molecule has 0 saturated carbocycles. The van der Waals surface area contributed by atoms with Crippen molar-refractivity contribution in [2.75, 3.05) is 18.4 Å². The lowest BCUT2D eigenvalue weighted by atomic mass is 9.98. The number of sulfonamides is 1. The summed E-state index contributed by atoms with van der Waals surface area (Å²) in [5, 5.41) is 3.27. The zero-order chi connectivity index (χ0) is 19.6. The number of piperidine rings is 1. The molecular weight excluding hydrogens is 407 g/mol. The normalized spacial score (nSPS) is 18.3. The van der Waals surface area contributed by atoms with Crippen molar-refractivity contribution in [1.82, 2.24) is 4.31 Å². The standard InChI is InChI=1S/C19H20Cl2N2O3S/c1-13-4-7-16(8-5-13)22-19(24)14-3-2-10-23(12-14)27(25,26)18-11-15(20)6-9-17(18)21/h4-9,11,14H,2-3,10,12H2,1H3,(H,22,24)/t14-/m0/s1. The third-order valence-corrected chi connectivity index (χ3v) is 7.17. The van der Waals surface area contributed by atoms with Crippen LogP contribution in [0.2, 0.25) is 10.0 Å². The summed E-state index contributed by atoms with van der Waals surface area (Å²) in [5.41, 5.74) is 1.80. The molecule has 2 aromatic carbocycles. The molecule has 144 valence electrons. The molecule has 0 aromatic heterocycles. The van der Waals surface area contributed by atoms with Crippen LogP contribution >= 0.6 is 23.2 Å². The molecule has 1 fully saturated rings. The van der Waals surface area contributed by atoms with Gasteiger partial charge in [0.25, 0.3) is 0 Å². The Hall–Kier alpha value is -1.60. The summed E-state index contributed by atoms with van der Waals surface area (Å²) in [5.74, 6) is -0.608. The molecule has 0 aliphatic carbocycles. The van der Waals surface area contributed by atoms with Gasteiger partial charge in [-0.2, -0.15) is 4.31 Å². The Kier molecular flexibility index (Phi) is 6.11. The zero-order valence-electron chi connectivity index (χ0n) is 14.8. The van der Waals surface area contributed by atoms with Crippen molar-refractivity contribution in [2.45, 2.75) is 24.7 Å². The molecule has 0 unspecified atom stereocenters. The van der Waals surface area contributed by atoms with E-state index in [1.165, 1.54) is 22.5 Å². The first kappa shape index (κ1) is 20.1. The SMILES string of the molecule is Cc1ccc(NC(=O)[C@H]2CCCN(S(=O)(=O)c3cc(Cl)ccc3Cl)C2)cc1. The summed E-state index contributed by atoms with van der Waals surface area (Å²) < 4.78 is 27.3. The van der Waals surface area contributed by atoms with Gasteiger partial charge in [-0.1, -0.05) is 40.9 Å². The second-order valence-electron chi connectivity index (χ2n) is 6.63. The number of nitrogens with zero attached hydrogens (tertiary/aromatic N) is 1. The molecule has 0 spiro atoms. The quantitative estimate of drug-likeness (QED) is 0.790. The van der Waals surface area contributed by atoms with Crippen LogP contribution in [0, 0.1) is 12.8 Å². The molecule has 1 N–H and O–H groups in total. The van der Waals surface area contributed by atoms with Crippen molar-refractivity contribution in [3.8, 4) is 0 Å². The van der Waals surface area contributed by atoms with Crippen LogP contribution in [-0.4, -0.2) is 31.7 Å². The van der Waals surface area contributed by atoms with Crippen molar-refractivity contribution in [3.63, 3.8) is 0 Å². The van der Waals surface area contributed by atoms with Gasteiger partial charge in [0, 0.05) is 23.8 Å². The number of rotatable bonds is 4. The lowest BCUT2D eigenvalue weighted by molar-refractivity contribution is -0.120. The third kappa shape index (κ3) is 4.63. The monoisotopic (exact) mass is 426 g/mol. The molecule has 1 atom stereocenters. The van der Waals surface area contributed by atoms with Crippen LogP contribution in [0.15, 0.2) is 47.4 Å². The number of carbonyl (C=O) groups excluding carboxylic acids is 1. The fraction of sp³-hybridized carbons (Fsp3) is 0.316. The Morgan fingerprint density at radius 3 is 2.56 bits per heavy atom. The van der Waals surface area contributed by atoms with E-state index in [4.69, 9.17) is 23.2 Å². The van der Waals surface area contributed by atoms with Gasteiger partial charge in [0.2, 0.25) is 15.9 Å². The van der Waals surface area contributed by atoms with Crippen LogP contribution in [0.1, 0.15) is 18.4 Å². The van der Waals surface area contributed by atoms with Gasteiger partial charge < -0.3 is 5.32 Å². The van der Waals surface area contributed by atoms with Gasteiger partial charge in [-0.05, 0) is 50.1 Å². The van der Waals surface area contributed by atoms with Crippen LogP contribution < -0.4 is 5.32 Å². The Labute approximate surface area is 169 Å². The molecule has 1 aliphatic rings. The molecule has 1 heterocycles. The second kappa shape index (κ2) is 8.19. The number of carbonyl (C=O) groups is 1. The van der Waals surface area contributed by atoms with Gasteiger partial charge >= 0.3 is 0 Å². The highest BCUT2D eigenvalue weighted by molar-refractivity contribution is 7.89. The summed E-state index contributed by atoms with van der Waals surface area (Å²) in [6, 6.07) is 11.8. The molecule has 27 heavy (non-hydrogen) atoms. The molecule has 8 heteroatoms. The lowest BCUT2D eigenvalue weighted by Gasteiger charge is -2.31. The number of hydrogen-bond acceptors (Lipinski definition) is 3. The van der Waals surface area contributed by atoms with E-state index in [2.05, 4.69) is 5.32 Å². The van der Waals surface area contributed by atoms with Gasteiger partial charge in [0.15, 0.2) is 0 Å². The van der Waals surface area contributed by atoms with E-state index in [1.807, 2.05) is 31.2 Å². The average molecular weight is 427 g/mol.